The van der Waals surface area contributed by atoms with Gasteiger partial charge in [-0.05, 0) is 31.2 Å². The van der Waals surface area contributed by atoms with Crippen LogP contribution < -0.4 is 15.2 Å². The van der Waals surface area contributed by atoms with Gasteiger partial charge < -0.3 is 15.2 Å². The lowest BCUT2D eigenvalue weighted by atomic mass is 10.0. The summed E-state index contributed by atoms with van der Waals surface area (Å²) in [5, 5.41) is 0. The van der Waals surface area contributed by atoms with Gasteiger partial charge in [0, 0.05) is 17.3 Å². The number of benzene rings is 1. The number of ether oxygens (including phenoxy) is 2. The maximum Gasteiger partial charge on any atom is 0.127 e. The Balaban J connectivity index is 2.40. The Morgan fingerprint density at radius 1 is 1.11 bits per heavy atom. The Kier molecular flexibility index (Phi) is 4.02. The molecule has 0 saturated heterocycles. The monoisotopic (exact) mass is 258 g/mol. The fraction of sp³-hybridized carbons (Fsp3) is 0.267. The Morgan fingerprint density at radius 2 is 1.89 bits per heavy atom. The molecular formula is C15H18N2O2. The summed E-state index contributed by atoms with van der Waals surface area (Å²) >= 11 is 0. The van der Waals surface area contributed by atoms with Gasteiger partial charge in [0.05, 0.1) is 26.0 Å². The van der Waals surface area contributed by atoms with Crippen molar-refractivity contribution in [1.29, 1.82) is 0 Å². The largest absolute Gasteiger partial charge is 0.497 e. The lowest BCUT2D eigenvalue weighted by Gasteiger charge is -2.16. The van der Waals surface area contributed by atoms with Crippen LogP contribution in [0, 0.1) is 6.92 Å². The summed E-state index contributed by atoms with van der Waals surface area (Å²) in [6.45, 7) is 1.95. The van der Waals surface area contributed by atoms with E-state index in [0.29, 0.717) is 5.75 Å². The molecule has 0 saturated carbocycles. The number of aromatic nitrogens is 1. The van der Waals surface area contributed by atoms with Crippen molar-refractivity contribution in [2.24, 2.45) is 5.73 Å². The van der Waals surface area contributed by atoms with E-state index in [1.807, 2.05) is 43.3 Å². The number of hydrogen-bond donors (Lipinski definition) is 1. The molecule has 1 aromatic heterocycles. The van der Waals surface area contributed by atoms with Gasteiger partial charge in [0.1, 0.15) is 11.5 Å². The molecule has 4 nitrogen and oxygen atoms in total. The molecular weight excluding hydrogens is 240 g/mol. The fourth-order valence-electron chi connectivity index (χ4n) is 1.97. The molecule has 2 N–H and O–H groups in total. The van der Waals surface area contributed by atoms with Crippen LogP contribution in [0.15, 0.2) is 36.4 Å². The SMILES string of the molecule is COc1ccc(C(N)c2cccc(C)n2)c(OC)c1. The normalized spacial score (nSPS) is 12.0. The molecule has 1 aromatic carbocycles. The predicted octanol–water partition coefficient (Wildman–Crippen LogP) is 2.46. The predicted molar refractivity (Wildman–Crippen MR) is 74.6 cm³/mol. The third-order valence-electron chi connectivity index (χ3n) is 3.00. The maximum absolute atomic E-state index is 6.27. The van der Waals surface area contributed by atoms with Crippen LogP contribution in [0.4, 0.5) is 0 Å². The molecule has 0 fully saturated rings. The highest BCUT2D eigenvalue weighted by Gasteiger charge is 2.16. The quantitative estimate of drug-likeness (QED) is 0.915. The van der Waals surface area contributed by atoms with Crippen molar-refractivity contribution in [2.75, 3.05) is 14.2 Å². The third-order valence-corrected chi connectivity index (χ3v) is 3.00. The van der Waals surface area contributed by atoms with E-state index in [2.05, 4.69) is 4.98 Å². The summed E-state index contributed by atoms with van der Waals surface area (Å²) in [4.78, 5) is 4.46. The van der Waals surface area contributed by atoms with Crippen molar-refractivity contribution in [3.8, 4) is 11.5 Å². The van der Waals surface area contributed by atoms with Crippen molar-refractivity contribution in [1.82, 2.24) is 4.98 Å². The van der Waals surface area contributed by atoms with E-state index in [1.165, 1.54) is 0 Å². The number of nitrogens with zero attached hydrogens (tertiary/aromatic N) is 1. The minimum atomic E-state index is -0.319. The molecule has 0 radical (unpaired) electrons. The van der Waals surface area contributed by atoms with Gasteiger partial charge in [-0.2, -0.15) is 0 Å². The highest BCUT2D eigenvalue weighted by molar-refractivity contribution is 5.44. The van der Waals surface area contributed by atoms with Crippen LogP contribution in [0.25, 0.3) is 0 Å². The summed E-state index contributed by atoms with van der Waals surface area (Å²) < 4.78 is 10.6. The Labute approximate surface area is 113 Å². The topological polar surface area (TPSA) is 57.4 Å². The summed E-state index contributed by atoms with van der Waals surface area (Å²) in [5.74, 6) is 1.44. The molecule has 0 aliphatic rings. The summed E-state index contributed by atoms with van der Waals surface area (Å²) in [5.41, 5.74) is 8.93. The molecule has 2 aromatic rings. The van der Waals surface area contributed by atoms with Gasteiger partial charge in [-0.15, -0.1) is 0 Å². The minimum absolute atomic E-state index is 0.319. The molecule has 0 bridgehead atoms. The number of rotatable bonds is 4. The lowest BCUT2D eigenvalue weighted by molar-refractivity contribution is 0.389. The van der Waals surface area contributed by atoms with E-state index in [0.717, 1.165) is 22.7 Å². The molecule has 19 heavy (non-hydrogen) atoms. The van der Waals surface area contributed by atoms with Crippen molar-refractivity contribution < 1.29 is 9.47 Å². The molecule has 1 unspecified atom stereocenters. The molecule has 2 rings (SSSR count). The Bertz CT molecular complexity index is 570. The highest BCUT2D eigenvalue weighted by atomic mass is 16.5. The smallest absolute Gasteiger partial charge is 0.127 e. The van der Waals surface area contributed by atoms with E-state index in [1.54, 1.807) is 14.2 Å². The van der Waals surface area contributed by atoms with Gasteiger partial charge in [-0.3, -0.25) is 4.98 Å². The summed E-state index contributed by atoms with van der Waals surface area (Å²) in [6.07, 6.45) is 0. The first kappa shape index (κ1) is 13.4. The number of aryl methyl sites for hydroxylation is 1. The van der Waals surface area contributed by atoms with E-state index in [-0.39, 0.29) is 6.04 Å². The van der Waals surface area contributed by atoms with Crippen molar-refractivity contribution in [3.05, 3.63) is 53.3 Å². The van der Waals surface area contributed by atoms with Crippen LogP contribution in [0.3, 0.4) is 0 Å². The molecule has 0 spiro atoms. The van der Waals surface area contributed by atoms with E-state index >= 15 is 0 Å². The van der Waals surface area contributed by atoms with Crippen LogP contribution in [0.2, 0.25) is 0 Å². The standard InChI is InChI=1S/C15H18N2O2/c1-10-5-4-6-13(17-10)15(16)12-8-7-11(18-2)9-14(12)19-3/h4-9,15H,16H2,1-3H3. The summed E-state index contributed by atoms with van der Waals surface area (Å²) in [7, 11) is 3.24. The van der Waals surface area contributed by atoms with Crippen molar-refractivity contribution in [3.63, 3.8) is 0 Å². The third kappa shape index (κ3) is 2.85. The van der Waals surface area contributed by atoms with Crippen LogP contribution in [-0.4, -0.2) is 19.2 Å². The van der Waals surface area contributed by atoms with Gasteiger partial charge in [-0.25, -0.2) is 0 Å². The molecule has 1 heterocycles. The van der Waals surface area contributed by atoms with E-state index < -0.39 is 0 Å². The molecule has 0 amide bonds. The molecule has 4 heteroatoms. The zero-order valence-corrected chi connectivity index (χ0v) is 11.4. The minimum Gasteiger partial charge on any atom is -0.497 e. The maximum atomic E-state index is 6.27. The van der Waals surface area contributed by atoms with Gasteiger partial charge in [-0.1, -0.05) is 6.07 Å². The van der Waals surface area contributed by atoms with Crippen LogP contribution >= 0.6 is 0 Å². The van der Waals surface area contributed by atoms with Crippen LogP contribution in [0.5, 0.6) is 11.5 Å². The number of nitrogens with two attached hydrogens (primary N) is 1. The van der Waals surface area contributed by atoms with Crippen molar-refractivity contribution in [2.45, 2.75) is 13.0 Å². The first-order chi connectivity index (χ1) is 9.15. The second-order valence-electron chi connectivity index (χ2n) is 4.29. The van der Waals surface area contributed by atoms with Crippen LogP contribution in [-0.2, 0) is 0 Å². The molecule has 1 atom stereocenters. The number of pyridine rings is 1. The van der Waals surface area contributed by atoms with Gasteiger partial charge >= 0.3 is 0 Å². The molecule has 0 aliphatic carbocycles. The fourth-order valence-corrected chi connectivity index (χ4v) is 1.97. The highest BCUT2D eigenvalue weighted by Crippen LogP contribution is 2.30. The van der Waals surface area contributed by atoms with Gasteiger partial charge in [0.25, 0.3) is 0 Å². The first-order valence-corrected chi connectivity index (χ1v) is 6.06. The zero-order valence-electron chi connectivity index (χ0n) is 11.4. The van der Waals surface area contributed by atoms with E-state index in [4.69, 9.17) is 15.2 Å². The Hall–Kier alpha value is -2.07. The van der Waals surface area contributed by atoms with Gasteiger partial charge in [0.2, 0.25) is 0 Å². The second kappa shape index (κ2) is 5.71. The average molecular weight is 258 g/mol. The number of methoxy groups -OCH3 is 2. The average Bonchev–Trinajstić information content (AvgIpc) is 2.45. The van der Waals surface area contributed by atoms with Crippen molar-refractivity contribution >= 4 is 0 Å². The molecule has 0 aliphatic heterocycles. The lowest BCUT2D eigenvalue weighted by Crippen LogP contribution is -2.15. The Morgan fingerprint density at radius 3 is 2.53 bits per heavy atom. The van der Waals surface area contributed by atoms with Gasteiger partial charge in [0.15, 0.2) is 0 Å². The number of hydrogen-bond acceptors (Lipinski definition) is 4. The first-order valence-electron chi connectivity index (χ1n) is 6.06. The van der Waals surface area contributed by atoms with Crippen LogP contribution in [0.1, 0.15) is 23.0 Å². The zero-order chi connectivity index (χ0) is 13.8. The second-order valence-corrected chi connectivity index (χ2v) is 4.29. The molecule has 100 valence electrons. The summed E-state index contributed by atoms with van der Waals surface area (Å²) in [6, 6.07) is 11.1. The van der Waals surface area contributed by atoms with E-state index in [9.17, 15) is 0 Å².